The van der Waals surface area contributed by atoms with Crippen LogP contribution in [0.1, 0.15) is 118 Å². The van der Waals surface area contributed by atoms with Gasteiger partial charge in [0.1, 0.15) is 5.78 Å². The van der Waals surface area contributed by atoms with Crippen molar-refractivity contribution in [1.29, 1.82) is 0 Å². The fourth-order valence-corrected chi connectivity index (χ4v) is 9.33. The van der Waals surface area contributed by atoms with Gasteiger partial charge in [-0.05, 0) is 104 Å². The van der Waals surface area contributed by atoms with E-state index in [0.717, 1.165) is 54.8 Å². The summed E-state index contributed by atoms with van der Waals surface area (Å²) in [6.07, 6.45) is 17.2. The van der Waals surface area contributed by atoms with Gasteiger partial charge in [-0.25, -0.2) is 0 Å². The predicted molar refractivity (Wildman–Crippen MR) is 123 cm³/mol. The minimum Gasteiger partial charge on any atom is -0.300 e. The monoisotopic (exact) mass is 400 g/mol. The molecule has 0 aromatic heterocycles. The molecule has 0 aromatic rings. The number of carbonyl (C=O) groups is 1. The average molecular weight is 401 g/mol. The molecular weight excluding hydrogens is 352 g/mol. The fourth-order valence-electron chi connectivity index (χ4n) is 9.33. The Morgan fingerprint density at radius 1 is 0.897 bits per heavy atom. The van der Waals surface area contributed by atoms with E-state index in [0.29, 0.717) is 22.5 Å². The molecule has 0 spiro atoms. The number of hydrogen-bond donors (Lipinski definition) is 0. The highest BCUT2D eigenvalue weighted by Gasteiger charge is 2.60. The van der Waals surface area contributed by atoms with Crippen LogP contribution in [0.2, 0.25) is 0 Å². The summed E-state index contributed by atoms with van der Waals surface area (Å²) in [5.74, 6) is 6.80. The van der Waals surface area contributed by atoms with Crippen molar-refractivity contribution in [2.45, 2.75) is 118 Å². The van der Waals surface area contributed by atoms with Crippen LogP contribution in [0, 0.1) is 52.3 Å². The number of carbonyl (C=O) groups excluding carboxylic acids is 1. The van der Waals surface area contributed by atoms with E-state index < -0.39 is 0 Å². The fraction of sp³-hybridized carbons (Fsp3) is 0.964. The Kier molecular flexibility index (Phi) is 6.27. The van der Waals surface area contributed by atoms with Crippen molar-refractivity contribution in [1.82, 2.24) is 0 Å². The van der Waals surface area contributed by atoms with Gasteiger partial charge >= 0.3 is 0 Å². The second-order valence-electron chi connectivity index (χ2n) is 12.8. The maximum Gasteiger partial charge on any atom is 0.133 e. The van der Waals surface area contributed by atoms with Crippen LogP contribution in [0.25, 0.3) is 0 Å². The first-order chi connectivity index (χ1) is 13.8. The van der Waals surface area contributed by atoms with Crippen LogP contribution in [-0.4, -0.2) is 5.78 Å². The third-order valence-corrected chi connectivity index (χ3v) is 10.9. The quantitative estimate of drug-likeness (QED) is 0.456. The zero-order chi connectivity index (χ0) is 20.8. The van der Waals surface area contributed by atoms with Crippen LogP contribution in [-0.2, 0) is 4.79 Å². The smallest absolute Gasteiger partial charge is 0.133 e. The van der Waals surface area contributed by atoms with Crippen LogP contribution in [0.3, 0.4) is 0 Å². The molecule has 4 saturated carbocycles. The molecule has 4 aliphatic carbocycles. The summed E-state index contributed by atoms with van der Waals surface area (Å²) in [7, 11) is 0. The number of ketones is 1. The van der Waals surface area contributed by atoms with Crippen molar-refractivity contribution in [2.75, 3.05) is 0 Å². The molecule has 4 aliphatic rings. The van der Waals surface area contributed by atoms with Gasteiger partial charge in [0.15, 0.2) is 0 Å². The third kappa shape index (κ3) is 3.87. The van der Waals surface area contributed by atoms with E-state index in [2.05, 4.69) is 34.6 Å². The molecule has 0 saturated heterocycles. The maximum atomic E-state index is 12.3. The zero-order valence-electron chi connectivity index (χ0n) is 20.1. The molecule has 0 radical (unpaired) electrons. The van der Waals surface area contributed by atoms with Crippen LogP contribution >= 0.6 is 0 Å². The topological polar surface area (TPSA) is 17.1 Å². The molecule has 0 amide bonds. The first-order valence-corrected chi connectivity index (χ1v) is 13.3. The second-order valence-corrected chi connectivity index (χ2v) is 12.8. The highest BCUT2D eigenvalue weighted by Crippen LogP contribution is 2.68. The molecule has 8 atom stereocenters. The van der Waals surface area contributed by atoms with E-state index in [1.807, 2.05) is 0 Å². The van der Waals surface area contributed by atoms with Crippen molar-refractivity contribution < 1.29 is 4.79 Å². The van der Waals surface area contributed by atoms with Gasteiger partial charge in [0.25, 0.3) is 0 Å². The Labute approximate surface area is 181 Å². The molecule has 29 heavy (non-hydrogen) atoms. The Bertz CT molecular complexity index is 593. The molecule has 0 heterocycles. The molecule has 4 rings (SSSR count). The van der Waals surface area contributed by atoms with Gasteiger partial charge in [-0.3, -0.25) is 4.79 Å². The summed E-state index contributed by atoms with van der Waals surface area (Å²) >= 11 is 0. The zero-order valence-corrected chi connectivity index (χ0v) is 20.1. The third-order valence-electron chi connectivity index (χ3n) is 10.9. The number of Topliss-reactive ketones (excluding diaryl/α,β-unsaturated/α-hetero) is 1. The summed E-state index contributed by atoms with van der Waals surface area (Å²) in [6, 6.07) is 0. The molecule has 4 fully saturated rings. The standard InChI is InChI=1S/C28H48O/c1-19(2)8-6-9-20(3)24-13-14-25-23-12-11-21-18-22(29)10-7-16-27(21,4)26(23)15-17-28(24,25)5/h19-21,23-26H,6-18H2,1-5H3/t20-,21-,23+,24+,25-,26+,27-,28+/m0/s1. The predicted octanol–water partition coefficient (Wildman–Crippen LogP) is 8.07. The molecule has 1 nitrogen and oxygen atoms in total. The van der Waals surface area contributed by atoms with Crippen molar-refractivity contribution in [3.05, 3.63) is 0 Å². The Morgan fingerprint density at radius 3 is 2.41 bits per heavy atom. The molecule has 1 heteroatoms. The number of fused-ring (bicyclic) bond motifs is 5. The van der Waals surface area contributed by atoms with Crippen molar-refractivity contribution >= 4 is 5.78 Å². The minimum atomic E-state index is 0.456. The van der Waals surface area contributed by atoms with Crippen molar-refractivity contribution in [3.8, 4) is 0 Å². The summed E-state index contributed by atoms with van der Waals surface area (Å²) in [4.78, 5) is 12.3. The Hall–Kier alpha value is -0.330. The number of rotatable bonds is 5. The highest BCUT2D eigenvalue weighted by atomic mass is 16.1. The molecule has 0 N–H and O–H groups in total. The lowest BCUT2D eigenvalue weighted by molar-refractivity contribution is -0.124. The molecule has 0 unspecified atom stereocenters. The normalized spacial score (nSPS) is 46.0. The van der Waals surface area contributed by atoms with E-state index in [9.17, 15) is 4.79 Å². The largest absolute Gasteiger partial charge is 0.300 e. The SMILES string of the molecule is CC(C)CCC[C@H](C)[C@H]1CC[C@H]2[C@H]3CC[C@H]4CC(=O)CCC[C@]4(C)[C@@H]3CC[C@]12C. The molecule has 166 valence electrons. The van der Waals surface area contributed by atoms with Gasteiger partial charge in [-0.1, -0.05) is 53.9 Å². The molecule has 0 bridgehead atoms. The van der Waals surface area contributed by atoms with Crippen LogP contribution in [0.15, 0.2) is 0 Å². The summed E-state index contributed by atoms with van der Waals surface area (Å²) in [5.41, 5.74) is 1.06. The van der Waals surface area contributed by atoms with E-state index >= 15 is 0 Å². The van der Waals surface area contributed by atoms with E-state index in [-0.39, 0.29) is 0 Å². The average Bonchev–Trinajstić information content (AvgIpc) is 2.92. The molecule has 0 aromatic carbocycles. The van der Waals surface area contributed by atoms with Gasteiger partial charge in [-0.15, -0.1) is 0 Å². The summed E-state index contributed by atoms with van der Waals surface area (Å²) in [5, 5.41) is 0. The van der Waals surface area contributed by atoms with Gasteiger partial charge in [0, 0.05) is 12.8 Å². The first kappa shape index (κ1) is 21.9. The van der Waals surface area contributed by atoms with E-state index in [1.165, 1.54) is 64.2 Å². The van der Waals surface area contributed by atoms with Gasteiger partial charge in [0.05, 0.1) is 0 Å². The Morgan fingerprint density at radius 2 is 1.66 bits per heavy atom. The minimum absolute atomic E-state index is 0.456. The molecule has 0 aliphatic heterocycles. The summed E-state index contributed by atoms with van der Waals surface area (Å²) in [6.45, 7) is 12.6. The summed E-state index contributed by atoms with van der Waals surface area (Å²) < 4.78 is 0. The second kappa shape index (κ2) is 8.31. The van der Waals surface area contributed by atoms with E-state index in [4.69, 9.17) is 0 Å². The van der Waals surface area contributed by atoms with Crippen molar-refractivity contribution in [2.24, 2.45) is 52.3 Å². The number of hydrogen-bond acceptors (Lipinski definition) is 1. The highest BCUT2D eigenvalue weighted by molar-refractivity contribution is 5.79. The van der Waals surface area contributed by atoms with Crippen molar-refractivity contribution in [3.63, 3.8) is 0 Å². The van der Waals surface area contributed by atoms with Gasteiger partial charge < -0.3 is 0 Å². The van der Waals surface area contributed by atoms with Gasteiger partial charge in [-0.2, -0.15) is 0 Å². The van der Waals surface area contributed by atoms with Crippen LogP contribution in [0.4, 0.5) is 0 Å². The Balaban J connectivity index is 1.48. The lowest BCUT2D eigenvalue weighted by atomic mass is 9.46. The van der Waals surface area contributed by atoms with E-state index in [1.54, 1.807) is 0 Å². The van der Waals surface area contributed by atoms with Gasteiger partial charge in [0.2, 0.25) is 0 Å². The maximum absolute atomic E-state index is 12.3. The first-order valence-electron chi connectivity index (χ1n) is 13.3. The van der Waals surface area contributed by atoms with Crippen LogP contribution < -0.4 is 0 Å². The molecular formula is C28H48O. The lowest BCUT2D eigenvalue weighted by Crippen LogP contribution is -2.52. The lowest BCUT2D eigenvalue weighted by Gasteiger charge is -2.59. The van der Waals surface area contributed by atoms with Crippen LogP contribution in [0.5, 0.6) is 0 Å².